The molecule has 0 aliphatic carbocycles. The third-order valence-corrected chi connectivity index (χ3v) is 3.33. The minimum Gasteiger partial charge on any atom is -0.487 e. The number of aromatic carboxylic acids is 1. The van der Waals surface area contributed by atoms with Gasteiger partial charge in [0.05, 0.1) is 6.61 Å². The highest BCUT2D eigenvalue weighted by Gasteiger charge is 2.21. The monoisotopic (exact) mass is 314 g/mol. The first-order valence-corrected chi connectivity index (χ1v) is 6.65. The molecule has 4 nitrogen and oxygen atoms in total. The van der Waals surface area contributed by atoms with Crippen LogP contribution in [0.4, 0.5) is 0 Å². The van der Waals surface area contributed by atoms with Crippen molar-refractivity contribution in [2.45, 2.75) is 25.9 Å². The molecule has 0 bridgehead atoms. The topological polar surface area (TPSA) is 55.8 Å². The zero-order valence-corrected chi connectivity index (χ0v) is 11.7. The van der Waals surface area contributed by atoms with Gasteiger partial charge in [0.15, 0.2) is 0 Å². The molecule has 1 aliphatic rings. The van der Waals surface area contributed by atoms with E-state index < -0.39 is 5.97 Å². The fraction of sp³-hybridized carbons (Fsp3) is 0.462. The summed E-state index contributed by atoms with van der Waals surface area (Å²) >= 11 is 3.30. The van der Waals surface area contributed by atoms with Crippen LogP contribution in [-0.2, 0) is 4.74 Å². The molecule has 1 fully saturated rings. The van der Waals surface area contributed by atoms with Gasteiger partial charge in [-0.3, -0.25) is 0 Å². The van der Waals surface area contributed by atoms with Crippen LogP contribution in [0.3, 0.4) is 0 Å². The fourth-order valence-corrected chi connectivity index (χ4v) is 2.59. The number of benzene rings is 1. The second kappa shape index (κ2) is 5.71. The van der Waals surface area contributed by atoms with E-state index in [4.69, 9.17) is 9.47 Å². The molecule has 1 aliphatic heterocycles. The Morgan fingerprint density at radius 3 is 2.94 bits per heavy atom. The second-order valence-electron chi connectivity index (χ2n) is 4.36. The van der Waals surface area contributed by atoms with Crippen LogP contribution in [0.25, 0.3) is 0 Å². The Kier molecular flexibility index (Phi) is 4.24. The van der Waals surface area contributed by atoms with Crippen molar-refractivity contribution in [3.05, 3.63) is 27.7 Å². The number of rotatable bonds is 3. The van der Waals surface area contributed by atoms with Crippen LogP contribution in [0.1, 0.15) is 28.8 Å². The first-order chi connectivity index (χ1) is 8.58. The minimum atomic E-state index is -0.980. The summed E-state index contributed by atoms with van der Waals surface area (Å²) in [6.07, 6.45) is 1.79. The highest BCUT2D eigenvalue weighted by molar-refractivity contribution is 9.10. The SMILES string of the molecule is Cc1cc(Br)cc(C(=O)O)c1OC1CCCOC1. The Bertz CT molecular complexity index is 453. The van der Waals surface area contributed by atoms with E-state index in [1.54, 1.807) is 6.07 Å². The Morgan fingerprint density at radius 1 is 1.56 bits per heavy atom. The van der Waals surface area contributed by atoms with Crippen molar-refractivity contribution in [1.82, 2.24) is 0 Å². The maximum atomic E-state index is 11.2. The summed E-state index contributed by atoms with van der Waals surface area (Å²) in [5, 5.41) is 9.21. The highest BCUT2D eigenvalue weighted by Crippen LogP contribution is 2.30. The Morgan fingerprint density at radius 2 is 2.33 bits per heavy atom. The number of carbonyl (C=O) groups is 1. The summed E-state index contributed by atoms with van der Waals surface area (Å²) in [6, 6.07) is 3.42. The molecule has 1 saturated heterocycles. The van der Waals surface area contributed by atoms with Gasteiger partial charge in [0.1, 0.15) is 17.4 Å². The molecule has 1 aromatic rings. The van der Waals surface area contributed by atoms with E-state index in [2.05, 4.69) is 15.9 Å². The molecule has 0 aromatic heterocycles. The zero-order valence-electron chi connectivity index (χ0n) is 10.1. The summed E-state index contributed by atoms with van der Waals surface area (Å²) in [7, 11) is 0. The maximum Gasteiger partial charge on any atom is 0.339 e. The van der Waals surface area contributed by atoms with Gasteiger partial charge < -0.3 is 14.6 Å². The molecule has 1 atom stereocenters. The number of ether oxygens (including phenoxy) is 2. The average Bonchev–Trinajstić information content (AvgIpc) is 2.33. The molecule has 1 N–H and O–H groups in total. The number of carboxylic acid groups (broad SMARTS) is 1. The summed E-state index contributed by atoms with van der Waals surface area (Å²) in [5.74, 6) is -0.535. The van der Waals surface area contributed by atoms with Crippen molar-refractivity contribution < 1.29 is 19.4 Å². The van der Waals surface area contributed by atoms with Crippen molar-refractivity contribution in [3.8, 4) is 5.75 Å². The predicted molar refractivity (Wildman–Crippen MR) is 70.3 cm³/mol. The number of carboxylic acids is 1. The smallest absolute Gasteiger partial charge is 0.339 e. The Labute approximate surface area is 114 Å². The van der Waals surface area contributed by atoms with Crippen LogP contribution >= 0.6 is 15.9 Å². The van der Waals surface area contributed by atoms with Gasteiger partial charge in [-0.1, -0.05) is 15.9 Å². The van der Waals surface area contributed by atoms with Gasteiger partial charge in [0, 0.05) is 11.1 Å². The Hall–Kier alpha value is -1.07. The van der Waals surface area contributed by atoms with Crippen LogP contribution < -0.4 is 4.74 Å². The molecule has 98 valence electrons. The lowest BCUT2D eigenvalue weighted by molar-refractivity contribution is 0.00649. The lowest BCUT2D eigenvalue weighted by atomic mass is 10.1. The van der Waals surface area contributed by atoms with Crippen molar-refractivity contribution in [3.63, 3.8) is 0 Å². The molecule has 1 aromatic carbocycles. The van der Waals surface area contributed by atoms with E-state index >= 15 is 0 Å². The fourth-order valence-electron chi connectivity index (χ4n) is 2.02. The van der Waals surface area contributed by atoms with Gasteiger partial charge in [-0.2, -0.15) is 0 Å². The summed E-state index contributed by atoms with van der Waals surface area (Å²) in [6.45, 7) is 3.12. The van der Waals surface area contributed by atoms with E-state index in [-0.39, 0.29) is 11.7 Å². The second-order valence-corrected chi connectivity index (χ2v) is 5.28. The van der Waals surface area contributed by atoms with E-state index in [9.17, 15) is 9.90 Å². The predicted octanol–water partition coefficient (Wildman–Crippen LogP) is 3.01. The van der Waals surface area contributed by atoms with Gasteiger partial charge in [0.2, 0.25) is 0 Å². The van der Waals surface area contributed by atoms with E-state index in [1.165, 1.54) is 0 Å². The van der Waals surface area contributed by atoms with Gasteiger partial charge in [-0.25, -0.2) is 4.79 Å². The summed E-state index contributed by atoms with van der Waals surface area (Å²) in [5.41, 5.74) is 1.000. The quantitative estimate of drug-likeness (QED) is 0.931. The van der Waals surface area contributed by atoms with Crippen LogP contribution in [0.2, 0.25) is 0 Å². The highest BCUT2D eigenvalue weighted by atomic mass is 79.9. The first kappa shape index (κ1) is 13.4. The van der Waals surface area contributed by atoms with Crippen LogP contribution in [0.5, 0.6) is 5.75 Å². The third-order valence-electron chi connectivity index (χ3n) is 2.87. The standard InChI is InChI=1S/C13H15BrO4/c1-8-5-9(14)6-11(13(15)16)12(8)18-10-3-2-4-17-7-10/h5-6,10H,2-4,7H2,1H3,(H,15,16). The van der Waals surface area contributed by atoms with Gasteiger partial charge >= 0.3 is 5.97 Å². The van der Waals surface area contributed by atoms with Crippen molar-refractivity contribution in [2.75, 3.05) is 13.2 Å². The molecule has 1 heterocycles. The number of hydrogen-bond donors (Lipinski definition) is 1. The lowest BCUT2D eigenvalue weighted by Gasteiger charge is -2.25. The zero-order chi connectivity index (χ0) is 13.1. The molecule has 0 amide bonds. The van der Waals surface area contributed by atoms with E-state index in [0.717, 1.165) is 29.5 Å². The average molecular weight is 315 g/mol. The lowest BCUT2D eigenvalue weighted by Crippen LogP contribution is -2.29. The molecule has 0 spiro atoms. The molecule has 2 rings (SSSR count). The molecule has 5 heteroatoms. The van der Waals surface area contributed by atoms with Crippen LogP contribution in [0, 0.1) is 6.92 Å². The molecule has 1 unspecified atom stereocenters. The van der Waals surface area contributed by atoms with E-state index in [1.807, 2.05) is 13.0 Å². The normalized spacial score (nSPS) is 19.6. The summed E-state index contributed by atoms with van der Waals surface area (Å²) in [4.78, 5) is 11.2. The molecular formula is C13H15BrO4. The molecular weight excluding hydrogens is 300 g/mol. The van der Waals surface area contributed by atoms with Gasteiger partial charge in [-0.05, 0) is 37.5 Å². The van der Waals surface area contributed by atoms with Gasteiger partial charge in [-0.15, -0.1) is 0 Å². The Balaban J connectivity index is 2.27. The molecule has 0 radical (unpaired) electrons. The van der Waals surface area contributed by atoms with Crippen LogP contribution in [-0.4, -0.2) is 30.4 Å². The summed E-state index contributed by atoms with van der Waals surface area (Å²) < 4.78 is 11.9. The van der Waals surface area contributed by atoms with Crippen molar-refractivity contribution in [2.24, 2.45) is 0 Å². The molecule has 0 saturated carbocycles. The number of halogens is 1. The first-order valence-electron chi connectivity index (χ1n) is 5.86. The van der Waals surface area contributed by atoms with Crippen molar-refractivity contribution in [1.29, 1.82) is 0 Å². The van der Waals surface area contributed by atoms with Crippen molar-refractivity contribution >= 4 is 21.9 Å². The van der Waals surface area contributed by atoms with Gasteiger partial charge in [0.25, 0.3) is 0 Å². The number of hydrogen-bond acceptors (Lipinski definition) is 3. The van der Waals surface area contributed by atoms with Crippen LogP contribution in [0.15, 0.2) is 16.6 Å². The minimum absolute atomic E-state index is 0.0586. The largest absolute Gasteiger partial charge is 0.487 e. The van der Waals surface area contributed by atoms with E-state index in [0.29, 0.717) is 12.4 Å². The third kappa shape index (κ3) is 3.03. The number of aryl methyl sites for hydroxylation is 1. The maximum absolute atomic E-state index is 11.2. The molecule has 18 heavy (non-hydrogen) atoms.